The second-order valence-corrected chi connectivity index (χ2v) is 6.71. The number of carbonyl (C=O) groups is 1. The lowest BCUT2D eigenvalue weighted by Crippen LogP contribution is -2.23. The average molecular weight is 395 g/mol. The van der Waals surface area contributed by atoms with Crippen LogP contribution in [0.4, 0.5) is 0 Å². The number of hydrogen-bond acceptors (Lipinski definition) is 6. The standard InChI is InChI=1S/C21H25N5O3/c1-5-28-20-11-10-19(24-25-20)26-15(4)18(13-23-26)21(27)22-12-16-6-8-17(9-7-16)29-14(2)3/h6-11,13-14H,5,12H2,1-4H3,(H,22,27). The van der Waals surface area contributed by atoms with Gasteiger partial charge in [0, 0.05) is 12.6 Å². The third kappa shape index (κ3) is 5.10. The monoisotopic (exact) mass is 395 g/mol. The van der Waals surface area contributed by atoms with Crippen molar-refractivity contribution in [3.8, 4) is 17.4 Å². The molecule has 8 nitrogen and oxygen atoms in total. The molecule has 1 aromatic carbocycles. The lowest BCUT2D eigenvalue weighted by Gasteiger charge is -2.10. The van der Waals surface area contributed by atoms with Crippen molar-refractivity contribution in [2.24, 2.45) is 0 Å². The smallest absolute Gasteiger partial charge is 0.255 e. The molecule has 0 fully saturated rings. The summed E-state index contributed by atoms with van der Waals surface area (Å²) in [4.78, 5) is 12.6. The molecular formula is C21H25N5O3. The Morgan fingerprint density at radius 1 is 1.14 bits per heavy atom. The molecule has 3 rings (SSSR count). The zero-order valence-corrected chi connectivity index (χ0v) is 17.0. The van der Waals surface area contributed by atoms with Crippen LogP contribution < -0.4 is 14.8 Å². The van der Waals surface area contributed by atoms with E-state index in [0.717, 1.165) is 11.3 Å². The van der Waals surface area contributed by atoms with Gasteiger partial charge in [-0.1, -0.05) is 12.1 Å². The molecule has 1 amide bonds. The van der Waals surface area contributed by atoms with Crippen molar-refractivity contribution < 1.29 is 14.3 Å². The summed E-state index contributed by atoms with van der Waals surface area (Å²) in [5.74, 6) is 1.58. The maximum Gasteiger partial charge on any atom is 0.255 e. The number of amides is 1. The van der Waals surface area contributed by atoms with Crippen LogP contribution in [0.1, 0.15) is 42.4 Å². The Bertz CT molecular complexity index is 949. The van der Waals surface area contributed by atoms with Gasteiger partial charge in [0.25, 0.3) is 5.91 Å². The number of ether oxygens (including phenoxy) is 2. The van der Waals surface area contributed by atoms with Crippen LogP contribution in [0.3, 0.4) is 0 Å². The third-order valence-electron chi connectivity index (χ3n) is 4.14. The number of carbonyl (C=O) groups excluding carboxylic acids is 1. The highest BCUT2D eigenvalue weighted by molar-refractivity contribution is 5.95. The first-order valence-corrected chi connectivity index (χ1v) is 9.53. The molecule has 3 aromatic rings. The van der Waals surface area contributed by atoms with Crippen molar-refractivity contribution in [1.29, 1.82) is 0 Å². The summed E-state index contributed by atoms with van der Waals surface area (Å²) >= 11 is 0. The first-order valence-electron chi connectivity index (χ1n) is 9.53. The van der Waals surface area contributed by atoms with E-state index in [1.807, 2.05) is 52.0 Å². The van der Waals surface area contributed by atoms with Gasteiger partial charge in [-0.3, -0.25) is 4.79 Å². The molecule has 0 aliphatic rings. The van der Waals surface area contributed by atoms with Crippen LogP contribution in [0.15, 0.2) is 42.6 Å². The molecule has 2 heterocycles. The lowest BCUT2D eigenvalue weighted by molar-refractivity contribution is 0.0950. The molecule has 0 unspecified atom stereocenters. The van der Waals surface area contributed by atoms with Crippen LogP contribution in [0.5, 0.6) is 11.6 Å². The fourth-order valence-corrected chi connectivity index (χ4v) is 2.75. The third-order valence-corrected chi connectivity index (χ3v) is 4.14. The summed E-state index contributed by atoms with van der Waals surface area (Å²) in [5, 5.41) is 15.3. The maximum atomic E-state index is 12.6. The largest absolute Gasteiger partial charge is 0.491 e. The Labute approximate surface area is 169 Å². The first-order chi connectivity index (χ1) is 14.0. The Hall–Kier alpha value is -3.42. The molecule has 152 valence electrons. The van der Waals surface area contributed by atoms with Crippen LogP contribution in [0, 0.1) is 6.92 Å². The number of hydrogen-bond donors (Lipinski definition) is 1. The molecule has 29 heavy (non-hydrogen) atoms. The number of nitrogens with one attached hydrogen (secondary N) is 1. The number of aromatic nitrogens is 4. The van der Waals surface area contributed by atoms with E-state index in [9.17, 15) is 4.79 Å². The quantitative estimate of drug-likeness (QED) is 0.630. The van der Waals surface area contributed by atoms with Gasteiger partial charge in [0.05, 0.1) is 30.2 Å². The minimum atomic E-state index is -0.199. The van der Waals surface area contributed by atoms with Gasteiger partial charge in [-0.05, 0) is 51.5 Å². The molecule has 0 atom stereocenters. The van der Waals surface area contributed by atoms with Gasteiger partial charge >= 0.3 is 0 Å². The molecule has 0 spiro atoms. The van der Waals surface area contributed by atoms with E-state index in [1.54, 1.807) is 16.8 Å². The first kappa shape index (κ1) is 20.3. The Kier molecular flexibility index (Phi) is 6.43. The normalized spacial score (nSPS) is 10.8. The molecule has 0 radical (unpaired) electrons. The summed E-state index contributed by atoms with van der Waals surface area (Å²) in [6.45, 7) is 8.59. The molecule has 0 bridgehead atoms. The topological polar surface area (TPSA) is 91.2 Å². The predicted octanol–water partition coefficient (Wildman–Crippen LogP) is 3.09. The van der Waals surface area contributed by atoms with E-state index < -0.39 is 0 Å². The van der Waals surface area contributed by atoms with Crippen molar-refractivity contribution in [3.63, 3.8) is 0 Å². The highest BCUT2D eigenvalue weighted by atomic mass is 16.5. The van der Waals surface area contributed by atoms with Gasteiger partial charge in [0.2, 0.25) is 5.88 Å². The van der Waals surface area contributed by atoms with E-state index in [0.29, 0.717) is 36.1 Å². The predicted molar refractivity (Wildman–Crippen MR) is 108 cm³/mol. The summed E-state index contributed by atoms with van der Waals surface area (Å²) in [6, 6.07) is 11.1. The summed E-state index contributed by atoms with van der Waals surface area (Å²) < 4.78 is 12.5. The maximum absolute atomic E-state index is 12.6. The summed E-state index contributed by atoms with van der Waals surface area (Å²) in [6.07, 6.45) is 1.66. The molecule has 8 heteroatoms. The summed E-state index contributed by atoms with van der Waals surface area (Å²) in [7, 11) is 0. The van der Waals surface area contributed by atoms with Crippen molar-refractivity contribution in [3.05, 3.63) is 59.4 Å². The van der Waals surface area contributed by atoms with Gasteiger partial charge in [-0.15, -0.1) is 10.2 Å². The van der Waals surface area contributed by atoms with Crippen molar-refractivity contribution in [1.82, 2.24) is 25.3 Å². The number of rotatable bonds is 8. The molecular weight excluding hydrogens is 370 g/mol. The Balaban J connectivity index is 1.64. The second kappa shape index (κ2) is 9.18. The molecule has 0 saturated heterocycles. The lowest BCUT2D eigenvalue weighted by atomic mass is 10.2. The Morgan fingerprint density at radius 3 is 2.52 bits per heavy atom. The number of nitrogens with zero attached hydrogens (tertiary/aromatic N) is 4. The van der Waals surface area contributed by atoms with Gasteiger partial charge in [0.15, 0.2) is 5.82 Å². The summed E-state index contributed by atoms with van der Waals surface area (Å²) in [5.41, 5.74) is 2.15. The average Bonchev–Trinajstić information content (AvgIpc) is 3.09. The molecule has 1 N–H and O–H groups in total. The van der Waals surface area contributed by atoms with Crippen LogP contribution in [-0.4, -0.2) is 38.6 Å². The molecule has 0 saturated carbocycles. The minimum absolute atomic E-state index is 0.125. The van der Waals surface area contributed by atoms with Crippen molar-refractivity contribution >= 4 is 5.91 Å². The highest BCUT2D eigenvalue weighted by Crippen LogP contribution is 2.16. The van der Waals surface area contributed by atoms with E-state index in [2.05, 4.69) is 20.6 Å². The van der Waals surface area contributed by atoms with E-state index in [-0.39, 0.29) is 12.0 Å². The van der Waals surface area contributed by atoms with Gasteiger partial charge in [0.1, 0.15) is 5.75 Å². The zero-order valence-electron chi connectivity index (χ0n) is 17.0. The zero-order chi connectivity index (χ0) is 20.8. The second-order valence-electron chi connectivity index (χ2n) is 6.71. The van der Waals surface area contributed by atoms with Crippen LogP contribution in [-0.2, 0) is 6.54 Å². The van der Waals surface area contributed by atoms with Crippen molar-refractivity contribution in [2.75, 3.05) is 6.61 Å². The molecule has 0 aliphatic carbocycles. The Morgan fingerprint density at radius 2 is 1.90 bits per heavy atom. The van der Waals surface area contributed by atoms with Crippen LogP contribution in [0.2, 0.25) is 0 Å². The number of benzene rings is 1. The van der Waals surface area contributed by atoms with E-state index in [4.69, 9.17) is 9.47 Å². The highest BCUT2D eigenvalue weighted by Gasteiger charge is 2.16. The van der Waals surface area contributed by atoms with Gasteiger partial charge in [-0.25, -0.2) is 4.68 Å². The van der Waals surface area contributed by atoms with Crippen LogP contribution in [0.25, 0.3) is 5.82 Å². The molecule has 2 aromatic heterocycles. The van der Waals surface area contributed by atoms with Crippen LogP contribution >= 0.6 is 0 Å². The van der Waals surface area contributed by atoms with Gasteiger partial charge < -0.3 is 14.8 Å². The van der Waals surface area contributed by atoms with E-state index in [1.165, 1.54) is 6.20 Å². The van der Waals surface area contributed by atoms with E-state index >= 15 is 0 Å². The van der Waals surface area contributed by atoms with Gasteiger partial charge in [-0.2, -0.15) is 5.10 Å². The fraction of sp³-hybridized carbons (Fsp3) is 0.333. The fourth-order valence-electron chi connectivity index (χ4n) is 2.75. The SMILES string of the molecule is CCOc1ccc(-n2ncc(C(=O)NCc3ccc(OC(C)C)cc3)c2C)nn1. The van der Waals surface area contributed by atoms with Crippen molar-refractivity contribution in [2.45, 2.75) is 40.3 Å². The molecule has 0 aliphatic heterocycles. The minimum Gasteiger partial charge on any atom is -0.491 e.